The SMILES string of the molecule is Cc1cc(C)cc(-c2cc[n+](C)c(-c3cc(C(C)(C)C)ccc3C)c2)c1. The standard InChI is InChI=1S/C25H30N/c1-17-12-18(2)14-21(13-17)20-10-11-26(7)24(15-20)23-16-22(25(4,5)6)9-8-19(23)3/h8-16H,1-7H3/q+1. The average molecular weight is 345 g/mol. The fourth-order valence-electron chi connectivity index (χ4n) is 3.52. The lowest BCUT2D eigenvalue weighted by atomic mass is 9.84. The molecule has 1 nitrogen and oxygen atoms in total. The molecule has 0 bridgehead atoms. The van der Waals surface area contributed by atoms with Crippen molar-refractivity contribution >= 4 is 0 Å². The molecule has 0 radical (unpaired) electrons. The zero-order valence-corrected chi connectivity index (χ0v) is 17.1. The topological polar surface area (TPSA) is 3.88 Å². The van der Waals surface area contributed by atoms with Gasteiger partial charge in [-0.25, -0.2) is 4.57 Å². The van der Waals surface area contributed by atoms with Gasteiger partial charge in [0.1, 0.15) is 7.05 Å². The average Bonchev–Trinajstić information content (AvgIpc) is 2.54. The van der Waals surface area contributed by atoms with Gasteiger partial charge in [0, 0.05) is 17.7 Å². The summed E-state index contributed by atoms with van der Waals surface area (Å²) >= 11 is 0. The molecule has 0 N–H and O–H groups in total. The van der Waals surface area contributed by atoms with Crippen LogP contribution in [0.25, 0.3) is 22.4 Å². The van der Waals surface area contributed by atoms with Crippen molar-refractivity contribution in [3.63, 3.8) is 0 Å². The van der Waals surface area contributed by atoms with Crippen molar-refractivity contribution in [1.29, 1.82) is 0 Å². The van der Waals surface area contributed by atoms with Crippen molar-refractivity contribution in [2.75, 3.05) is 0 Å². The summed E-state index contributed by atoms with van der Waals surface area (Å²) in [5.41, 5.74) is 10.6. The summed E-state index contributed by atoms with van der Waals surface area (Å²) in [5, 5.41) is 0. The van der Waals surface area contributed by atoms with Gasteiger partial charge in [-0.05, 0) is 54.5 Å². The van der Waals surface area contributed by atoms with Crippen molar-refractivity contribution in [2.24, 2.45) is 7.05 Å². The molecular formula is C25H30N+. The molecule has 0 unspecified atom stereocenters. The third-order valence-electron chi connectivity index (χ3n) is 5.08. The Balaban J connectivity index is 2.18. The highest BCUT2D eigenvalue weighted by Gasteiger charge is 2.19. The van der Waals surface area contributed by atoms with Gasteiger partial charge in [0.2, 0.25) is 5.69 Å². The van der Waals surface area contributed by atoms with E-state index >= 15 is 0 Å². The minimum Gasteiger partial charge on any atom is -0.201 e. The first-order chi connectivity index (χ1) is 12.1. The van der Waals surface area contributed by atoms with Crippen LogP contribution in [0.1, 0.15) is 43.0 Å². The fraction of sp³-hybridized carbons (Fsp3) is 0.320. The van der Waals surface area contributed by atoms with E-state index in [2.05, 4.69) is 108 Å². The molecule has 0 atom stereocenters. The Bertz CT molecular complexity index is 938. The summed E-state index contributed by atoms with van der Waals surface area (Å²) in [5.74, 6) is 0. The van der Waals surface area contributed by atoms with Gasteiger partial charge < -0.3 is 0 Å². The summed E-state index contributed by atoms with van der Waals surface area (Å²) in [6.45, 7) is 13.3. The summed E-state index contributed by atoms with van der Waals surface area (Å²) in [7, 11) is 2.13. The van der Waals surface area contributed by atoms with E-state index in [-0.39, 0.29) is 5.41 Å². The predicted octanol–water partition coefficient (Wildman–Crippen LogP) is 6.07. The Kier molecular flexibility index (Phi) is 4.75. The van der Waals surface area contributed by atoms with E-state index in [1.165, 1.54) is 44.6 Å². The molecular weight excluding hydrogens is 314 g/mol. The van der Waals surface area contributed by atoms with Gasteiger partial charge in [0.05, 0.1) is 0 Å². The predicted molar refractivity (Wildman–Crippen MR) is 111 cm³/mol. The number of hydrogen-bond donors (Lipinski definition) is 0. The summed E-state index contributed by atoms with van der Waals surface area (Å²) < 4.78 is 2.22. The van der Waals surface area contributed by atoms with Crippen LogP contribution in [-0.4, -0.2) is 0 Å². The van der Waals surface area contributed by atoms with E-state index in [0.717, 1.165) is 0 Å². The molecule has 1 heteroatoms. The maximum Gasteiger partial charge on any atom is 0.213 e. The zero-order valence-electron chi connectivity index (χ0n) is 17.1. The van der Waals surface area contributed by atoms with Gasteiger partial charge in [-0.3, -0.25) is 0 Å². The normalized spacial score (nSPS) is 11.7. The van der Waals surface area contributed by atoms with Gasteiger partial charge in [0.25, 0.3) is 0 Å². The molecule has 2 aromatic carbocycles. The quantitative estimate of drug-likeness (QED) is 0.497. The van der Waals surface area contributed by atoms with E-state index in [9.17, 15) is 0 Å². The highest BCUT2D eigenvalue weighted by molar-refractivity contribution is 5.71. The number of aryl methyl sites for hydroxylation is 4. The summed E-state index contributed by atoms with van der Waals surface area (Å²) in [6, 6.07) is 18.2. The van der Waals surface area contributed by atoms with Gasteiger partial charge >= 0.3 is 0 Å². The Hall–Kier alpha value is -2.41. The number of rotatable bonds is 2. The lowest BCUT2D eigenvalue weighted by Crippen LogP contribution is -2.30. The number of benzene rings is 2. The van der Waals surface area contributed by atoms with Crippen LogP contribution in [0.3, 0.4) is 0 Å². The lowest BCUT2D eigenvalue weighted by molar-refractivity contribution is -0.660. The van der Waals surface area contributed by atoms with E-state index in [1.54, 1.807) is 0 Å². The highest BCUT2D eigenvalue weighted by atomic mass is 14.9. The van der Waals surface area contributed by atoms with E-state index in [0.29, 0.717) is 0 Å². The zero-order chi connectivity index (χ0) is 19.1. The highest BCUT2D eigenvalue weighted by Crippen LogP contribution is 2.31. The van der Waals surface area contributed by atoms with Gasteiger partial charge in [-0.2, -0.15) is 0 Å². The molecule has 0 spiro atoms. The lowest BCUT2D eigenvalue weighted by Gasteiger charge is -2.20. The molecule has 0 fully saturated rings. The molecule has 1 aromatic heterocycles. The van der Waals surface area contributed by atoms with Crippen LogP contribution >= 0.6 is 0 Å². The minimum atomic E-state index is 0.145. The van der Waals surface area contributed by atoms with Gasteiger partial charge in [-0.1, -0.05) is 62.2 Å². The first-order valence-electron chi connectivity index (χ1n) is 9.35. The Morgan fingerprint density at radius 3 is 2.00 bits per heavy atom. The first-order valence-corrected chi connectivity index (χ1v) is 9.35. The number of pyridine rings is 1. The van der Waals surface area contributed by atoms with Crippen LogP contribution < -0.4 is 4.57 Å². The van der Waals surface area contributed by atoms with Crippen molar-refractivity contribution in [1.82, 2.24) is 0 Å². The molecule has 0 saturated heterocycles. The van der Waals surface area contributed by atoms with Crippen LogP contribution in [0.2, 0.25) is 0 Å². The van der Waals surface area contributed by atoms with Crippen molar-refractivity contribution < 1.29 is 4.57 Å². The Morgan fingerprint density at radius 1 is 0.731 bits per heavy atom. The molecule has 0 aliphatic heterocycles. The molecule has 0 aliphatic rings. The third-order valence-corrected chi connectivity index (χ3v) is 5.08. The smallest absolute Gasteiger partial charge is 0.201 e. The number of hydrogen-bond acceptors (Lipinski definition) is 0. The van der Waals surface area contributed by atoms with Crippen LogP contribution in [0.4, 0.5) is 0 Å². The van der Waals surface area contributed by atoms with Crippen LogP contribution in [-0.2, 0) is 12.5 Å². The maximum atomic E-state index is 2.36. The van der Waals surface area contributed by atoms with Crippen molar-refractivity contribution in [2.45, 2.75) is 47.0 Å². The van der Waals surface area contributed by atoms with E-state index in [4.69, 9.17) is 0 Å². The second kappa shape index (κ2) is 6.72. The summed E-state index contributed by atoms with van der Waals surface area (Å²) in [4.78, 5) is 0. The maximum absolute atomic E-state index is 2.36. The molecule has 0 amide bonds. The molecule has 1 heterocycles. The third kappa shape index (κ3) is 3.72. The number of nitrogens with zero attached hydrogens (tertiary/aromatic N) is 1. The Morgan fingerprint density at radius 2 is 1.38 bits per heavy atom. The van der Waals surface area contributed by atoms with Crippen LogP contribution in [0.5, 0.6) is 0 Å². The second-order valence-electron chi connectivity index (χ2n) is 8.57. The molecule has 0 saturated carbocycles. The van der Waals surface area contributed by atoms with Gasteiger partial charge in [0.15, 0.2) is 6.20 Å². The molecule has 26 heavy (non-hydrogen) atoms. The van der Waals surface area contributed by atoms with E-state index < -0.39 is 0 Å². The first kappa shape index (κ1) is 18.4. The molecule has 0 aliphatic carbocycles. The molecule has 134 valence electrons. The second-order valence-corrected chi connectivity index (χ2v) is 8.57. The van der Waals surface area contributed by atoms with Gasteiger partial charge in [-0.15, -0.1) is 0 Å². The van der Waals surface area contributed by atoms with Crippen LogP contribution in [0.15, 0.2) is 54.7 Å². The van der Waals surface area contributed by atoms with Crippen molar-refractivity contribution in [3.8, 4) is 22.4 Å². The molecule has 3 aromatic rings. The largest absolute Gasteiger partial charge is 0.213 e. The monoisotopic (exact) mass is 344 g/mol. The fourth-order valence-corrected chi connectivity index (χ4v) is 3.52. The van der Waals surface area contributed by atoms with Crippen LogP contribution in [0, 0.1) is 20.8 Å². The Labute approximate surface area is 158 Å². The molecule has 3 rings (SSSR count). The summed E-state index contributed by atoms with van der Waals surface area (Å²) in [6.07, 6.45) is 2.17. The van der Waals surface area contributed by atoms with Crippen molar-refractivity contribution in [3.05, 3.63) is 77.0 Å². The van der Waals surface area contributed by atoms with E-state index in [1.807, 2.05) is 0 Å². The number of aromatic nitrogens is 1. The minimum absolute atomic E-state index is 0.145.